The van der Waals surface area contributed by atoms with Crippen molar-refractivity contribution in [1.82, 2.24) is 15.0 Å². The van der Waals surface area contributed by atoms with Gasteiger partial charge in [0.2, 0.25) is 24.3 Å². The first-order chi connectivity index (χ1) is 10.6. The zero-order valence-corrected chi connectivity index (χ0v) is 12.2. The normalized spacial score (nSPS) is 10.9. The van der Waals surface area contributed by atoms with Crippen LogP contribution in [0.5, 0.6) is 0 Å². The van der Waals surface area contributed by atoms with Gasteiger partial charge < -0.3 is 35.2 Å². The SMILES string of the molecule is COC(OC)N(CO)c1nc(NCO)nc(N(CO)CO)n1. The predicted molar refractivity (Wildman–Crippen MR) is 74.6 cm³/mol. The molecule has 0 aromatic carbocycles. The quantitative estimate of drug-likeness (QED) is 0.284. The Bertz CT molecular complexity index is 444. The summed E-state index contributed by atoms with van der Waals surface area (Å²) in [6, 6.07) is 0. The van der Waals surface area contributed by atoms with E-state index in [2.05, 4.69) is 20.3 Å². The first kappa shape index (κ1) is 18.2. The molecular weight excluding hydrogens is 300 g/mol. The minimum absolute atomic E-state index is 0.0289. The molecule has 12 heteroatoms. The van der Waals surface area contributed by atoms with Crippen molar-refractivity contribution in [1.29, 1.82) is 0 Å². The van der Waals surface area contributed by atoms with Crippen molar-refractivity contribution in [2.75, 3.05) is 56.3 Å². The number of aromatic nitrogens is 3. The van der Waals surface area contributed by atoms with Gasteiger partial charge in [0.05, 0.1) is 0 Å². The van der Waals surface area contributed by atoms with Gasteiger partial charge in [-0.15, -0.1) is 0 Å². The van der Waals surface area contributed by atoms with Gasteiger partial charge in [-0.2, -0.15) is 15.0 Å². The van der Waals surface area contributed by atoms with Crippen LogP contribution in [0.4, 0.5) is 17.8 Å². The van der Waals surface area contributed by atoms with Crippen LogP contribution in [0, 0.1) is 0 Å². The van der Waals surface area contributed by atoms with Gasteiger partial charge in [-0.25, -0.2) is 0 Å². The fourth-order valence-electron chi connectivity index (χ4n) is 1.52. The van der Waals surface area contributed by atoms with Gasteiger partial charge >= 0.3 is 0 Å². The minimum Gasteiger partial charge on any atom is -0.376 e. The molecule has 0 atom stereocenters. The Balaban J connectivity index is 3.25. The molecule has 5 N–H and O–H groups in total. The van der Waals surface area contributed by atoms with Crippen LogP contribution in [-0.4, -0.2) is 82.9 Å². The highest BCUT2D eigenvalue weighted by Crippen LogP contribution is 2.18. The van der Waals surface area contributed by atoms with Gasteiger partial charge in [0.25, 0.3) is 0 Å². The molecular formula is C10H20N6O6. The average Bonchev–Trinajstić information content (AvgIpc) is 2.53. The molecule has 0 radical (unpaired) electrons. The molecule has 126 valence electrons. The Hall–Kier alpha value is -1.83. The Labute approximate surface area is 126 Å². The van der Waals surface area contributed by atoms with Crippen LogP contribution in [0.3, 0.4) is 0 Å². The van der Waals surface area contributed by atoms with Gasteiger partial charge in [0.15, 0.2) is 0 Å². The Morgan fingerprint density at radius 2 is 1.55 bits per heavy atom. The largest absolute Gasteiger partial charge is 0.376 e. The molecule has 0 saturated heterocycles. The van der Waals surface area contributed by atoms with Crippen molar-refractivity contribution in [3.8, 4) is 0 Å². The maximum absolute atomic E-state index is 9.46. The number of nitrogens with one attached hydrogen (secondary N) is 1. The van der Waals surface area contributed by atoms with E-state index in [9.17, 15) is 15.3 Å². The standard InChI is InChI=1S/C10H20N6O6/c1-21-10(22-2)16(6-20)9-13-7(11-3-17)12-8(14-9)15(4-18)5-19/h10,17-20H,3-6H2,1-2H3,(H,11,12,13,14). The van der Waals surface area contributed by atoms with E-state index in [1.807, 2.05) is 0 Å². The number of aliphatic hydroxyl groups is 4. The zero-order chi connectivity index (χ0) is 16.5. The maximum atomic E-state index is 9.46. The first-order valence-electron chi connectivity index (χ1n) is 6.15. The van der Waals surface area contributed by atoms with Crippen molar-refractivity contribution < 1.29 is 29.9 Å². The number of hydrogen-bond donors (Lipinski definition) is 5. The highest BCUT2D eigenvalue weighted by Gasteiger charge is 2.22. The fraction of sp³-hybridized carbons (Fsp3) is 0.700. The van der Waals surface area contributed by atoms with E-state index in [0.29, 0.717) is 0 Å². The lowest BCUT2D eigenvalue weighted by molar-refractivity contribution is -0.110. The second-order valence-electron chi connectivity index (χ2n) is 3.81. The monoisotopic (exact) mass is 320 g/mol. The van der Waals surface area contributed by atoms with Gasteiger partial charge in [-0.3, -0.25) is 9.80 Å². The van der Waals surface area contributed by atoms with E-state index < -0.39 is 33.3 Å². The highest BCUT2D eigenvalue weighted by molar-refractivity contribution is 5.44. The van der Waals surface area contributed by atoms with Crippen molar-refractivity contribution in [2.24, 2.45) is 0 Å². The second-order valence-corrected chi connectivity index (χ2v) is 3.81. The molecule has 0 unspecified atom stereocenters. The molecule has 0 spiro atoms. The first-order valence-corrected chi connectivity index (χ1v) is 6.15. The number of methoxy groups -OCH3 is 2. The third-order valence-corrected chi connectivity index (χ3v) is 2.54. The average molecular weight is 320 g/mol. The van der Waals surface area contributed by atoms with Crippen LogP contribution in [0.25, 0.3) is 0 Å². The molecule has 0 aliphatic carbocycles. The summed E-state index contributed by atoms with van der Waals surface area (Å²) in [6.07, 6.45) is -0.973. The van der Waals surface area contributed by atoms with Crippen LogP contribution in [0.1, 0.15) is 0 Å². The molecule has 1 heterocycles. The number of hydrogen-bond acceptors (Lipinski definition) is 12. The molecule has 1 rings (SSSR count). The van der Waals surface area contributed by atoms with Crippen LogP contribution >= 0.6 is 0 Å². The Morgan fingerprint density at radius 3 is 2.00 bits per heavy atom. The Kier molecular flexibility index (Phi) is 7.65. The van der Waals surface area contributed by atoms with Gasteiger partial charge in [0, 0.05) is 14.2 Å². The topological polar surface area (TPSA) is 157 Å². The number of rotatable bonds is 10. The van der Waals surface area contributed by atoms with E-state index >= 15 is 0 Å². The van der Waals surface area contributed by atoms with Gasteiger partial charge in [0.1, 0.15) is 26.9 Å². The van der Waals surface area contributed by atoms with Crippen molar-refractivity contribution in [3.05, 3.63) is 0 Å². The van der Waals surface area contributed by atoms with E-state index in [-0.39, 0.29) is 17.8 Å². The third kappa shape index (κ3) is 4.33. The van der Waals surface area contributed by atoms with Crippen molar-refractivity contribution in [2.45, 2.75) is 6.41 Å². The number of aliphatic hydroxyl groups excluding tert-OH is 4. The number of anilines is 3. The smallest absolute Gasteiger partial charge is 0.244 e. The number of ether oxygens (including phenoxy) is 2. The lowest BCUT2D eigenvalue weighted by Gasteiger charge is -2.28. The molecule has 0 amide bonds. The highest BCUT2D eigenvalue weighted by atomic mass is 16.7. The summed E-state index contributed by atoms with van der Waals surface area (Å²) in [6.45, 7) is -2.07. The van der Waals surface area contributed by atoms with Crippen LogP contribution < -0.4 is 15.1 Å². The van der Waals surface area contributed by atoms with Gasteiger partial charge in [-0.1, -0.05) is 0 Å². The molecule has 22 heavy (non-hydrogen) atoms. The lowest BCUT2D eigenvalue weighted by Crippen LogP contribution is -2.40. The predicted octanol–water partition coefficient (Wildman–Crippen LogP) is -2.73. The van der Waals surface area contributed by atoms with Crippen molar-refractivity contribution >= 4 is 17.8 Å². The summed E-state index contributed by atoms with van der Waals surface area (Å²) < 4.78 is 10.0. The third-order valence-electron chi connectivity index (χ3n) is 2.54. The zero-order valence-electron chi connectivity index (χ0n) is 12.2. The molecule has 1 aromatic rings. The summed E-state index contributed by atoms with van der Waals surface area (Å²) >= 11 is 0. The molecule has 12 nitrogen and oxygen atoms in total. The molecule has 0 bridgehead atoms. The fourth-order valence-corrected chi connectivity index (χ4v) is 1.52. The molecule has 0 saturated carbocycles. The molecule has 0 fully saturated rings. The molecule has 1 aromatic heterocycles. The Morgan fingerprint density at radius 1 is 0.955 bits per heavy atom. The van der Waals surface area contributed by atoms with E-state index in [0.717, 1.165) is 9.80 Å². The minimum atomic E-state index is -0.973. The molecule has 0 aliphatic rings. The summed E-state index contributed by atoms with van der Waals surface area (Å²) in [5.74, 6) is -0.154. The van der Waals surface area contributed by atoms with Gasteiger partial charge in [-0.05, 0) is 0 Å². The molecule has 0 aliphatic heterocycles. The van der Waals surface area contributed by atoms with E-state index in [4.69, 9.17) is 14.6 Å². The van der Waals surface area contributed by atoms with Crippen LogP contribution in [0.2, 0.25) is 0 Å². The number of nitrogens with zero attached hydrogens (tertiary/aromatic N) is 5. The summed E-state index contributed by atoms with van der Waals surface area (Å²) in [7, 11) is 2.72. The second kappa shape index (κ2) is 9.24. The lowest BCUT2D eigenvalue weighted by atomic mass is 10.6. The summed E-state index contributed by atoms with van der Waals surface area (Å²) in [4.78, 5) is 14.1. The van der Waals surface area contributed by atoms with E-state index in [1.165, 1.54) is 14.2 Å². The van der Waals surface area contributed by atoms with Crippen molar-refractivity contribution in [3.63, 3.8) is 0 Å². The van der Waals surface area contributed by atoms with E-state index in [1.54, 1.807) is 0 Å². The summed E-state index contributed by atoms with van der Waals surface area (Å²) in [5.41, 5.74) is 0. The summed E-state index contributed by atoms with van der Waals surface area (Å²) in [5, 5.41) is 39.2. The van der Waals surface area contributed by atoms with Crippen LogP contribution in [-0.2, 0) is 9.47 Å². The maximum Gasteiger partial charge on any atom is 0.244 e. The van der Waals surface area contributed by atoms with Crippen LogP contribution in [0.15, 0.2) is 0 Å².